The van der Waals surface area contributed by atoms with Crippen LogP contribution in [0.25, 0.3) is 0 Å². The Morgan fingerprint density at radius 2 is 1.54 bits per heavy atom. The molecule has 6 rings (SSSR count). The summed E-state index contributed by atoms with van der Waals surface area (Å²) < 4.78 is 17.7. The number of benzene rings is 4. The molecule has 0 saturated heterocycles. The van der Waals surface area contributed by atoms with E-state index in [-0.39, 0.29) is 45.6 Å². The molecule has 35 heavy (non-hydrogen) atoms. The van der Waals surface area contributed by atoms with E-state index < -0.39 is 17.5 Å². The smallest absolute Gasteiger partial charge is 0.347 e. The number of fused-ring (bicyclic) bond motifs is 6. The van der Waals surface area contributed by atoms with Gasteiger partial charge in [-0.2, -0.15) is 0 Å². The summed E-state index contributed by atoms with van der Waals surface area (Å²) in [6.07, 6.45) is 0. The molecule has 0 radical (unpaired) electrons. The van der Waals surface area contributed by atoms with E-state index in [0.29, 0.717) is 16.7 Å². The van der Waals surface area contributed by atoms with Crippen molar-refractivity contribution < 1.29 is 39.1 Å². The first-order chi connectivity index (χ1) is 16.9. The van der Waals surface area contributed by atoms with Crippen LogP contribution in [0.15, 0.2) is 78.9 Å². The molecule has 4 aromatic carbocycles. The molecule has 8 heteroatoms. The molecular weight excluding hydrogens is 452 g/mol. The Bertz CT molecular complexity index is 1560. The van der Waals surface area contributed by atoms with Crippen molar-refractivity contribution in [3.8, 4) is 34.5 Å². The maximum atomic E-state index is 13.0. The van der Waals surface area contributed by atoms with Crippen molar-refractivity contribution in [3.05, 3.63) is 107 Å². The number of carbonyl (C=O) groups excluding carboxylic acids is 2. The fraction of sp³-hybridized carbons (Fsp3) is 0.0370. The van der Waals surface area contributed by atoms with E-state index in [1.165, 1.54) is 36.4 Å². The van der Waals surface area contributed by atoms with Crippen LogP contribution in [0.3, 0.4) is 0 Å². The third-order valence-corrected chi connectivity index (χ3v) is 6.07. The molecule has 0 aliphatic carbocycles. The largest absolute Gasteiger partial charge is 0.508 e. The highest BCUT2D eigenvalue weighted by Crippen LogP contribution is 2.59. The summed E-state index contributed by atoms with van der Waals surface area (Å²) in [5.74, 6) is -1.99. The molecule has 1 atom stereocenters. The summed E-state index contributed by atoms with van der Waals surface area (Å²) in [4.78, 5) is 26.0. The lowest BCUT2D eigenvalue weighted by atomic mass is 9.77. The first kappa shape index (κ1) is 20.6. The predicted octanol–water partition coefficient (Wildman–Crippen LogP) is 4.59. The zero-order chi connectivity index (χ0) is 24.3. The highest BCUT2D eigenvalue weighted by molar-refractivity contribution is 5.98. The van der Waals surface area contributed by atoms with Crippen LogP contribution >= 0.6 is 0 Å². The second-order valence-corrected chi connectivity index (χ2v) is 8.12. The van der Waals surface area contributed by atoms with Crippen LogP contribution in [0.5, 0.6) is 34.5 Å². The molecule has 172 valence electrons. The molecular formula is C27H16O8. The van der Waals surface area contributed by atoms with Crippen molar-refractivity contribution in [2.45, 2.75) is 5.60 Å². The highest BCUT2D eigenvalue weighted by atomic mass is 16.6. The molecule has 2 aliphatic rings. The zero-order valence-electron chi connectivity index (χ0n) is 17.9. The number of rotatable bonds is 2. The fourth-order valence-electron chi connectivity index (χ4n) is 4.63. The van der Waals surface area contributed by atoms with Gasteiger partial charge in [-0.05, 0) is 30.3 Å². The van der Waals surface area contributed by atoms with Gasteiger partial charge in [0.05, 0.1) is 11.1 Å². The van der Waals surface area contributed by atoms with Gasteiger partial charge in [-0.25, -0.2) is 9.59 Å². The van der Waals surface area contributed by atoms with E-state index in [1.54, 1.807) is 42.5 Å². The van der Waals surface area contributed by atoms with Crippen molar-refractivity contribution in [1.29, 1.82) is 0 Å². The lowest BCUT2D eigenvalue weighted by Gasteiger charge is -2.37. The normalized spacial score (nSPS) is 17.1. The van der Waals surface area contributed by atoms with E-state index in [2.05, 4.69) is 0 Å². The molecule has 8 nitrogen and oxygen atoms in total. The van der Waals surface area contributed by atoms with Crippen molar-refractivity contribution in [3.63, 3.8) is 0 Å². The van der Waals surface area contributed by atoms with Gasteiger partial charge in [0.1, 0.15) is 40.1 Å². The number of aromatic hydroxyl groups is 3. The van der Waals surface area contributed by atoms with E-state index in [4.69, 9.17) is 14.2 Å². The number of esters is 2. The SMILES string of the molecule is O=C(Oc1cc(O)cc2c1C1(OC(=O)c3ccccc31)c1ccc(O)cc1O2)c1ccccc1O. The van der Waals surface area contributed by atoms with Crippen LogP contribution in [0, 0.1) is 0 Å². The Morgan fingerprint density at radius 3 is 2.37 bits per heavy atom. The molecule has 2 heterocycles. The van der Waals surface area contributed by atoms with Gasteiger partial charge in [0.15, 0.2) is 5.60 Å². The van der Waals surface area contributed by atoms with Gasteiger partial charge in [-0.1, -0.05) is 30.3 Å². The second-order valence-electron chi connectivity index (χ2n) is 8.12. The maximum absolute atomic E-state index is 13.0. The predicted molar refractivity (Wildman–Crippen MR) is 121 cm³/mol. The van der Waals surface area contributed by atoms with Gasteiger partial charge in [0.2, 0.25) is 0 Å². The number of hydrogen-bond donors (Lipinski definition) is 3. The van der Waals surface area contributed by atoms with Crippen LogP contribution in [0.2, 0.25) is 0 Å². The Hall–Kier alpha value is -4.98. The van der Waals surface area contributed by atoms with Gasteiger partial charge < -0.3 is 29.5 Å². The molecule has 1 spiro atoms. The van der Waals surface area contributed by atoms with Gasteiger partial charge in [0, 0.05) is 29.3 Å². The second kappa shape index (κ2) is 7.26. The van der Waals surface area contributed by atoms with E-state index in [1.807, 2.05) is 0 Å². The minimum absolute atomic E-state index is 0.0627. The van der Waals surface area contributed by atoms with Crippen LogP contribution in [-0.4, -0.2) is 27.3 Å². The Kier molecular flexibility index (Phi) is 4.28. The number of hydrogen-bond acceptors (Lipinski definition) is 8. The summed E-state index contributed by atoms with van der Waals surface area (Å²) in [7, 11) is 0. The van der Waals surface area contributed by atoms with Gasteiger partial charge in [-0.15, -0.1) is 0 Å². The number of phenolic OH excluding ortho intramolecular Hbond substituents is 3. The molecule has 0 fully saturated rings. The first-order valence-corrected chi connectivity index (χ1v) is 10.6. The van der Waals surface area contributed by atoms with E-state index >= 15 is 0 Å². The van der Waals surface area contributed by atoms with Crippen LogP contribution < -0.4 is 9.47 Å². The monoisotopic (exact) mass is 468 g/mol. The lowest BCUT2D eigenvalue weighted by Crippen LogP contribution is -2.34. The summed E-state index contributed by atoms with van der Waals surface area (Å²) in [6.45, 7) is 0. The standard InChI is InChI=1S/C27H16O8/c28-14-9-10-19-21(11-14)33-22-12-15(29)13-23(34-25(31)17-6-2-4-8-20(17)30)24(22)27(19)18-7-3-1-5-16(18)26(32)35-27/h1-13,28-30H. The van der Waals surface area contributed by atoms with Gasteiger partial charge >= 0.3 is 11.9 Å². The summed E-state index contributed by atoms with van der Waals surface area (Å²) in [5, 5.41) is 30.6. The number of para-hydroxylation sites is 1. The first-order valence-electron chi connectivity index (χ1n) is 10.6. The number of phenols is 3. The highest BCUT2D eigenvalue weighted by Gasteiger charge is 2.55. The maximum Gasteiger partial charge on any atom is 0.347 e. The van der Waals surface area contributed by atoms with Crippen molar-refractivity contribution in [1.82, 2.24) is 0 Å². The van der Waals surface area contributed by atoms with Crippen molar-refractivity contribution in [2.75, 3.05) is 0 Å². The lowest BCUT2D eigenvalue weighted by molar-refractivity contribution is 0.0216. The topological polar surface area (TPSA) is 123 Å². The van der Waals surface area contributed by atoms with Crippen LogP contribution in [0.1, 0.15) is 37.4 Å². The fourth-order valence-corrected chi connectivity index (χ4v) is 4.63. The van der Waals surface area contributed by atoms with Crippen molar-refractivity contribution >= 4 is 11.9 Å². The molecule has 0 bridgehead atoms. The zero-order valence-corrected chi connectivity index (χ0v) is 17.9. The molecule has 0 saturated carbocycles. The number of ether oxygens (including phenoxy) is 3. The Balaban J connectivity index is 1.63. The van der Waals surface area contributed by atoms with E-state index in [0.717, 1.165) is 0 Å². The van der Waals surface area contributed by atoms with Crippen LogP contribution in [-0.2, 0) is 10.3 Å². The molecule has 0 aromatic heterocycles. The summed E-state index contributed by atoms with van der Waals surface area (Å²) in [5.41, 5.74) is -0.323. The summed E-state index contributed by atoms with van der Waals surface area (Å²) >= 11 is 0. The summed E-state index contributed by atoms with van der Waals surface area (Å²) in [6, 6.07) is 19.5. The van der Waals surface area contributed by atoms with Crippen molar-refractivity contribution in [2.24, 2.45) is 0 Å². The molecule has 2 aliphatic heterocycles. The minimum Gasteiger partial charge on any atom is -0.508 e. The molecule has 1 unspecified atom stereocenters. The third kappa shape index (κ3) is 2.93. The van der Waals surface area contributed by atoms with Gasteiger partial charge in [0.25, 0.3) is 0 Å². The molecule has 3 N–H and O–H groups in total. The van der Waals surface area contributed by atoms with E-state index in [9.17, 15) is 24.9 Å². The Morgan fingerprint density at radius 1 is 0.800 bits per heavy atom. The third-order valence-electron chi connectivity index (χ3n) is 6.07. The molecule has 0 amide bonds. The minimum atomic E-state index is -1.59. The number of carbonyl (C=O) groups is 2. The quantitative estimate of drug-likeness (QED) is 0.288. The average Bonchev–Trinajstić information content (AvgIpc) is 3.11. The van der Waals surface area contributed by atoms with Crippen LogP contribution in [0.4, 0.5) is 0 Å². The molecule has 4 aromatic rings. The Labute approximate surface area is 198 Å². The average molecular weight is 468 g/mol. The van der Waals surface area contributed by atoms with Gasteiger partial charge in [-0.3, -0.25) is 0 Å².